The minimum absolute atomic E-state index is 0.0331. The Hall–Kier alpha value is -2.66. The van der Waals surface area contributed by atoms with Crippen molar-refractivity contribution in [1.29, 1.82) is 0 Å². The second-order valence-electron chi connectivity index (χ2n) is 6.32. The van der Waals surface area contributed by atoms with E-state index >= 15 is 0 Å². The maximum absolute atomic E-state index is 12.7. The number of hydrogen-bond acceptors (Lipinski definition) is 3. The van der Waals surface area contributed by atoms with Crippen LogP contribution in [0.5, 0.6) is 0 Å². The lowest BCUT2D eigenvalue weighted by Gasteiger charge is -2.39. The molecule has 5 nitrogen and oxygen atoms in total. The highest BCUT2D eigenvalue weighted by atomic mass is 35.5. The summed E-state index contributed by atoms with van der Waals surface area (Å²) in [7, 11) is 0. The van der Waals surface area contributed by atoms with Crippen LogP contribution in [0.15, 0.2) is 60.9 Å². The number of rotatable bonds is 3. The molecule has 2 aromatic carbocycles. The predicted molar refractivity (Wildman–Crippen MR) is 101 cm³/mol. The first-order valence-corrected chi connectivity index (χ1v) is 9.09. The zero-order chi connectivity index (χ0) is 18.1. The molecule has 1 aliphatic heterocycles. The largest absolute Gasteiger partial charge is 0.274 e. The Morgan fingerprint density at radius 1 is 1.12 bits per heavy atom. The Morgan fingerprint density at radius 3 is 2.58 bits per heavy atom. The van der Waals surface area contributed by atoms with Gasteiger partial charge in [-0.15, -0.1) is 0 Å². The van der Waals surface area contributed by atoms with Gasteiger partial charge in [0.2, 0.25) is 11.9 Å². The van der Waals surface area contributed by atoms with E-state index in [-0.39, 0.29) is 18.0 Å². The lowest BCUT2D eigenvalue weighted by Crippen LogP contribution is -2.42. The van der Waals surface area contributed by atoms with Crippen LogP contribution >= 0.6 is 11.6 Å². The Labute approximate surface area is 157 Å². The molecule has 1 amide bonds. The minimum Gasteiger partial charge on any atom is -0.274 e. The van der Waals surface area contributed by atoms with E-state index in [1.165, 1.54) is 6.33 Å². The van der Waals surface area contributed by atoms with E-state index in [9.17, 15) is 4.79 Å². The predicted octanol–water partition coefficient (Wildman–Crippen LogP) is 4.41. The topological polar surface area (TPSA) is 51.0 Å². The van der Waals surface area contributed by atoms with E-state index in [0.29, 0.717) is 23.8 Å². The maximum Gasteiger partial charge on any atom is 0.231 e. The van der Waals surface area contributed by atoms with E-state index in [1.807, 2.05) is 54.1 Å². The summed E-state index contributed by atoms with van der Waals surface area (Å²) in [5.41, 5.74) is 2.08. The molecule has 132 valence electrons. The molecule has 0 radical (unpaired) electrons. The van der Waals surface area contributed by atoms with Crippen molar-refractivity contribution in [2.75, 3.05) is 4.90 Å². The molecule has 26 heavy (non-hydrogen) atoms. The quantitative estimate of drug-likeness (QED) is 0.690. The third-order valence-corrected chi connectivity index (χ3v) is 5.19. The van der Waals surface area contributed by atoms with Crippen molar-refractivity contribution < 1.29 is 4.79 Å². The Bertz CT molecular complexity index is 924. The average Bonchev–Trinajstić information content (AvgIpc) is 3.17. The van der Waals surface area contributed by atoms with Gasteiger partial charge in [-0.25, -0.2) is 4.68 Å². The van der Waals surface area contributed by atoms with Crippen LogP contribution in [0, 0.1) is 0 Å². The van der Waals surface area contributed by atoms with Crippen molar-refractivity contribution in [3.05, 3.63) is 77.1 Å². The molecular formula is C20H19ClN4O. The molecule has 1 aliphatic rings. The van der Waals surface area contributed by atoms with Gasteiger partial charge < -0.3 is 0 Å². The van der Waals surface area contributed by atoms with Gasteiger partial charge in [0.15, 0.2) is 0 Å². The highest BCUT2D eigenvalue weighted by Gasteiger charge is 2.39. The summed E-state index contributed by atoms with van der Waals surface area (Å²) in [4.78, 5) is 18.9. The Balaban J connectivity index is 1.87. The third-order valence-electron chi connectivity index (χ3n) is 4.84. The lowest BCUT2D eigenvalue weighted by atomic mass is 9.91. The molecule has 0 fully saturated rings. The number of hydrogen-bond donors (Lipinski definition) is 0. The van der Waals surface area contributed by atoms with Gasteiger partial charge in [-0.1, -0.05) is 67.1 Å². The number of amides is 1. The number of anilines is 1. The van der Waals surface area contributed by atoms with Crippen LogP contribution in [0.25, 0.3) is 0 Å². The average molecular weight is 367 g/mol. The number of carbonyl (C=O) groups is 1. The number of fused-ring (bicyclic) bond motifs is 1. The van der Waals surface area contributed by atoms with Crippen molar-refractivity contribution in [2.24, 2.45) is 0 Å². The third kappa shape index (κ3) is 2.78. The van der Waals surface area contributed by atoms with Crippen molar-refractivity contribution in [3.8, 4) is 0 Å². The van der Waals surface area contributed by atoms with Crippen LogP contribution in [0.3, 0.4) is 0 Å². The summed E-state index contributed by atoms with van der Waals surface area (Å²) in [6.07, 6.45) is 2.60. The molecule has 0 saturated carbocycles. The number of nitrogens with zero attached hydrogens (tertiary/aromatic N) is 4. The van der Waals surface area contributed by atoms with Crippen LogP contribution in [0.1, 0.15) is 43.0 Å². The zero-order valence-corrected chi connectivity index (χ0v) is 15.2. The van der Waals surface area contributed by atoms with Crippen LogP contribution in [0.4, 0.5) is 5.95 Å². The van der Waals surface area contributed by atoms with Gasteiger partial charge in [0.1, 0.15) is 6.33 Å². The molecule has 0 saturated heterocycles. The van der Waals surface area contributed by atoms with Crippen LogP contribution in [0.2, 0.25) is 5.02 Å². The highest BCUT2D eigenvalue weighted by molar-refractivity contribution is 6.31. The second-order valence-corrected chi connectivity index (χ2v) is 6.73. The molecule has 2 heterocycles. The van der Waals surface area contributed by atoms with Gasteiger partial charge in [-0.05, 0) is 23.6 Å². The van der Waals surface area contributed by atoms with E-state index in [0.717, 1.165) is 11.1 Å². The summed E-state index contributed by atoms with van der Waals surface area (Å²) in [5, 5.41) is 5.10. The molecular weight excluding hydrogens is 348 g/mol. The molecule has 0 bridgehead atoms. The number of carbonyl (C=O) groups excluding carboxylic acids is 1. The van der Waals surface area contributed by atoms with Gasteiger partial charge in [-0.2, -0.15) is 10.1 Å². The Kier molecular flexibility index (Phi) is 4.47. The van der Waals surface area contributed by atoms with Crippen molar-refractivity contribution >= 4 is 23.5 Å². The Morgan fingerprint density at radius 2 is 1.85 bits per heavy atom. The van der Waals surface area contributed by atoms with E-state index in [4.69, 9.17) is 11.6 Å². The summed E-state index contributed by atoms with van der Waals surface area (Å²) in [6.45, 7) is 1.87. The van der Waals surface area contributed by atoms with E-state index in [2.05, 4.69) is 22.2 Å². The first-order valence-electron chi connectivity index (χ1n) is 8.71. The highest BCUT2D eigenvalue weighted by Crippen LogP contribution is 2.43. The molecule has 3 aromatic rings. The molecule has 0 N–H and O–H groups in total. The molecule has 0 unspecified atom stereocenters. The first kappa shape index (κ1) is 16.8. The van der Waals surface area contributed by atoms with Gasteiger partial charge in [-0.3, -0.25) is 9.69 Å². The first-order chi connectivity index (χ1) is 12.7. The maximum atomic E-state index is 12.7. The lowest BCUT2D eigenvalue weighted by molar-refractivity contribution is -0.119. The number of halogens is 1. The van der Waals surface area contributed by atoms with Gasteiger partial charge in [0.05, 0.1) is 12.1 Å². The molecule has 0 spiro atoms. The standard InChI is InChI=1S/C20H19ClN4O/c1-2-19(26)24-17(14-8-4-3-5-9-14)12-18(25-20(24)22-13-23-25)15-10-6-7-11-16(15)21/h3-11,13,17-18H,2,12H2,1H3/t17-,18+/m0/s1. The van der Waals surface area contributed by atoms with Crippen LogP contribution in [-0.2, 0) is 4.79 Å². The fourth-order valence-corrected chi connectivity index (χ4v) is 3.87. The van der Waals surface area contributed by atoms with Gasteiger partial charge >= 0.3 is 0 Å². The number of benzene rings is 2. The van der Waals surface area contributed by atoms with E-state index in [1.54, 1.807) is 4.90 Å². The van der Waals surface area contributed by atoms with Crippen LogP contribution in [-0.4, -0.2) is 20.7 Å². The summed E-state index contributed by atoms with van der Waals surface area (Å²) in [5.74, 6) is 0.604. The van der Waals surface area contributed by atoms with Crippen molar-refractivity contribution in [2.45, 2.75) is 31.8 Å². The molecule has 4 rings (SSSR count). The van der Waals surface area contributed by atoms with E-state index < -0.39 is 0 Å². The molecule has 1 aromatic heterocycles. The number of aromatic nitrogens is 3. The zero-order valence-electron chi connectivity index (χ0n) is 14.4. The van der Waals surface area contributed by atoms with Crippen molar-refractivity contribution in [1.82, 2.24) is 14.8 Å². The second kappa shape index (κ2) is 6.92. The molecule has 2 atom stereocenters. The molecule has 0 aliphatic carbocycles. The van der Waals surface area contributed by atoms with Crippen LogP contribution < -0.4 is 4.90 Å². The fourth-order valence-electron chi connectivity index (χ4n) is 3.61. The minimum atomic E-state index is -0.110. The van der Waals surface area contributed by atoms with Crippen molar-refractivity contribution in [3.63, 3.8) is 0 Å². The fraction of sp³-hybridized carbons (Fsp3) is 0.250. The monoisotopic (exact) mass is 366 g/mol. The van der Waals surface area contributed by atoms with Gasteiger partial charge in [0.25, 0.3) is 0 Å². The summed E-state index contributed by atoms with van der Waals surface area (Å²) in [6, 6.07) is 17.7. The summed E-state index contributed by atoms with van der Waals surface area (Å²) >= 11 is 6.47. The SMILES string of the molecule is CCC(=O)N1c2ncnn2[C@@H](c2ccccc2Cl)C[C@H]1c1ccccc1. The normalized spacial score (nSPS) is 19.2. The summed E-state index contributed by atoms with van der Waals surface area (Å²) < 4.78 is 1.81. The molecule has 6 heteroatoms. The van der Waals surface area contributed by atoms with Gasteiger partial charge in [0, 0.05) is 11.4 Å². The smallest absolute Gasteiger partial charge is 0.231 e.